The summed E-state index contributed by atoms with van der Waals surface area (Å²) in [5.41, 5.74) is 2.72. The van der Waals surface area contributed by atoms with Gasteiger partial charge < -0.3 is 4.52 Å². The third kappa shape index (κ3) is 2.98. The summed E-state index contributed by atoms with van der Waals surface area (Å²) in [6, 6.07) is 5.50. The smallest absolute Gasteiger partial charge is 0.315 e. The van der Waals surface area contributed by atoms with Gasteiger partial charge in [-0.2, -0.15) is 18.6 Å². The number of alkyl halides is 2. The quantitative estimate of drug-likeness (QED) is 0.645. The third-order valence-corrected chi connectivity index (χ3v) is 4.42. The molecule has 1 aliphatic carbocycles. The SMILES string of the molecule is Cn1nnc(C(=O)CC2CCc3cc(-c4noc(C(F)F)n4)ccc32)n1. The Morgan fingerprint density at radius 2 is 2.27 bits per heavy atom. The van der Waals surface area contributed by atoms with Gasteiger partial charge in [0, 0.05) is 12.0 Å². The van der Waals surface area contributed by atoms with E-state index >= 15 is 0 Å². The number of tetrazole rings is 1. The molecule has 0 saturated heterocycles. The number of hydrogen-bond donors (Lipinski definition) is 0. The molecule has 1 unspecified atom stereocenters. The van der Waals surface area contributed by atoms with Gasteiger partial charge in [-0.1, -0.05) is 17.3 Å². The van der Waals surface area contributed by atoms with E-state index in [1.165, 1.54) is 4.80 Å². The maximum Gasteiger partial charge on any atom is 0.315 e. The predicted molar refractivity (Wildman–Crippen MR) is 83.5 cm³/mol. The first kappa shape index (κ1) is 16.4. The molecule has 0 saturated carbocycles. The molecule has 0 amide bonds. The van der Waals surface area contributed by atoms with Crippen molar-refractivity contribution in [3.63, 3.8) is 0 Å². The summed E-state index contributed by atoms with van der Waals surface area (Å²) in [4.78, 5) is 17.3. The molecule has 26 heavy (non-hydrogen) atoms. The molecular weight excluding hydrogens is 346 g/mol. The molecule has 0 spiro atoms. The van der Waals surface area contributed by atoms with E-state index in [-0.39, 0.29) is 23.3 Å². The van der Waals surface area contributed by atoms with Crippen LogP contribution >= 0.6 is 0 Å². The maximum absolute atomic E-state index is 12.6. The highest BCUT2D eigenvalue weighted by Crippen LogP contribution is 2.38. The second-order valence-corrected chi connectivity index (χ2v) is 6.14. The predicted octanol–water partition coefficient (Wildman–Crippen LogP) is 2.50. The molecule has 0 fully saturated rings. The molecule has 134 valence electrons. The van der Waals surface area contributed by atoms with Crippen LogP contribution in [-0.4, -0.2) is 36.1 Å². The average molecular weight is 360 g/mol. The Morgan fingerprint density at radius 1 is 1.42 bits per heavy atom. The largest absolute Gasteiger partial charge is 0.333 e. The fourth-order valence-corrected chi connectivity index (χ4v) is 3.21. The number of ketones is 1. The number of halogens is 2. The molecule has 0 bridgehead atoms. The molecule has 1 aromatic carbocycles. The van der Waals surface area contributed by atoms with E-state index < -0.39 is 12.3 Å². The first-order chi connectivity index (χ1) is 12.5. The van der Waals surface area contributed by atoms with E-state index in [1.807, 2.05) is 12.1 Å². The number of carbonyl (C=O) groups excluding carboxylic acids is 1. The topological polar surface area (TPSA) is 99.6 Å². The van der Waals surface area contributed by atoms with Gasteiger partial charge in [-0.25, -0.2) is 0 Å². The number of fused-ring (bicyclic) bond motifs is 1. The first-order valence-corrected chi connectivity index (χ1v) is 8.03. The van der Waals surface area contributed by atoms with Gasteiger partial charge in [0.2, 0.25) is 17.4 Å². The number of rotatable bonds is 5. The van der Waals surface area contributed by atoms with Crippen molar-refractivity contribution in [3.05, 3.63) is 41.0 Å². The standard InChI is InChI=1S/C16H14F2N6O2/c1-24-21-15(20-23-24)12(25)7-9-3-2-8-6-10(4-5-11(8)9)14-19-16(13(17)18)26-22-14/h4-6,9,13H,2-3,7H2,1H3. The zero-order valence-electron chi connectivity index (χ0n) is 13.8. The summed E-state index contributed by atoms with van der Waals surface area (Å²) in [5, 5.41) is 15.0. The van der Waals surface area contributed by atoms with Gasteiger partial charge in [-0.05, 0) is 41.2 Å². The lowest BCUT2D eigenvalue weighted by Gasteiger charge is -2.09. The summed E-state index contributed by atoms with van der Waals surface area (Å²) < 4.78 is 29.7. The molecule has 1 aliphatic rings. The van der Waals surface area contributed by atoms with Gasteiger partial charge in [-0.3, -0.25) is 4.79 Å². The number of carbonyl (C=O) groups is 1. The minimum atomic E-state index is -2.80. The maximum atomic E-state index is 12.6. The molecule has 0 aliphatic heterocycles. The van der Waals surface area contributed by atoms with Gasteiger partial charge in [0.15, 0.2) is 0 Å². The van der Waals surface area contributed by atoms with Crippen LogP contribution in [0.3, 0.4) is 0 Å². The van der Waals surface area contributed by atoms with Crippen LogP contribution in [0.5, 0.6) is 0 Å². The number of aryl methyl sites for hydroxylation is 2. The molecule has 3 aromatic rings. The third-order valence-electron chi connectivity index (χ3n) is 4.42. The fourth-order valence-electron chi connectivity index (χ4n) is 3.21. The van der Waals surface area contributed by atoms with Crippen molar-refractivity contribution in [3.8, 4) is 11.4 Å². The van der Waals surface area contributed by atoms with Crippen LogP contribution in [0.25, 0.3) is 11.4 Å². The minimum Gasteiger partial charge on any atom is -0.333 e. The van der Waals surface area contributed by atoms with Crippen LogP contribution in [0.2, 0.25) is 0 Å². The lowest BCUT2D eigenvalue weighted by Crippen LogP contribution is -2.08. The molecule has 2 heterocycles. The van der Waals surface area contributed by atoms with E-state index in [0.29, 0.717) is 12.0 Å². The Hall–Kier alpha value is -3.04. The molecular formula is C16H14F2N6O2. The molecule has 10 heteroatoms. The number of Topliss-reactive ketones (excluding diaryl/α,β-unsaturated/α-hetero) is 1. The van der Waals surface area contributed by atoms with E-state index in [9.17, 15) is 13.6 Å². The number of benzene rings is 1. The first-order valence-electron chi connectivity index (χ1n) is 8.03. The number of aromatic nitrogens is 6. The number of hydrogen-bond acceptors (Lipinski definition) is 7. The van der Waals surface area contributed by atoms with Crippen LogP contribution in [0.4, 0.5) is 8.78 Å². The molecule has 0 radical (unpaired) electrons. The van der Waals surface area contributed by atoms with Crippen molar-refractivity contribution in [1.29, 1.82) is 0 Å². The van der Waals surface area contributed by atoms with Crippen molar-refractivity contribution in [2.45, 2.75) is 31.6 Å². The Bertz CT molecular complexity index is 967. The van der Waals surface area contributed by atoms with Crippen molar-refractivity contribution in [2.24, 2.45) is 7.05 Å². The Labute approximate surface area is 146 Å². The van der Waals surface area contributed by atoms with E-state index in [4.69, 9.17) is 0 Å². The van der Waals surface area contributed by atoms with Crippen LogP contribution in [-0.2, 0) is 13.5 Å². The highest BCUT2D eigenvalue weighted by atomic mass is 19.3. The van der Waals surface area contributed by atoms with Crippen LogP contribution in [0.15, 0.2) is 22.7 Å². The van der Waals surface area contributed by atoms with Crippen LogP contribution in [0, 0.1) is 0 Å². The van der Waals surface area contributed by atoms with Crippen molar-refractivity contribution in [2.75, 3.05) is 0 Å². The summed E-state index contributed by atoms with van der Waals surface area (Å²) in [6.45, 7) is 0. The molecule has 8 nitrogen and oxygen atoms in total. The average Bonchev–Trinajstić information content (AvgIpc) is 3.34. The summed E-state index contributed by atoms with van der Waals surface area (Å²) >= 11 is 0. The molecule has 0 N–H and O–H groups in total. The Kier molecular flexibility index (Phi) is 4.02. The van der Waals surface area contributed by atoms with Gasteiger partial charge >= 0.3 is 6.43 Å². The zero-order chi connectivity index (χ0) is 18.3. The van der Waals surface area contributed by atoms with E-state index in [0.717, 1.165) is 24.0 Å². The summed E-state index contributed by atoms with van der Waals surface area (Å²) in [5.74, 6) is -0.534. The summed E-state index contributed by atoms with van der Waals surface area (Å²) in [7, 11) is 1.60. The van der Waals surface area contributed by atoms with Gasteiger partial charge in [0.05, 0.1) is 7.05 Å². The van der Waals surface area contributed by atoms with Gasteiger partial charge in [0.25, 0.3) is 5.89 Å². The van der Waals surface area contributed by atoms with Crippen LogP contribution in [0.1, 0.15) is 52.8 Å². The lowest BCUT2D eigenvalue weighted by molar-refractivity contribution is 0.0963. The van der Waals surface area contributed by atoms with E-state index in [1.54, 1.807) is 13.1 Å². The highest BCUT2D eigenvalue weighted by molar-refractivity contribution is 5.92. The lowest BCUT2D eigenvalue weighted by atomic mass is 9.94. The molecule has 1 atom stereocenters. The fraction of sp³-hybridized carbons (Fsp3) is 0.375. The van der Waals surface area contributed by atoms with Crippen LogP contribution < -0.4 is 0 Å². The van der Waals surface area contributed by atoms with Crippen molar-refractivity contribution >= 4 is 5.78 Å². The van der Waals surface area contributed by atoms with Crippen molar-refractivity contribution < 1.29 is 18.1 Å². The second kappa shape index (κ2) is 6.36. The highest BCUT2D eigenvalue weighted by Gasteiger charge is 2.27. The van der Waals surface area contributed by atoms with Gasteiger partial charge in [-0.15, -0.1) is 10.2 Å². The second-order valence-electron chi connectivity index (χ2n) is 6.14. The Morgan fingerprint density at radius 3 is 2.96 bits per heavy atom. The Balaban J connectivity index is 1.53. The van der Waals surface area contributed by atoms with Crippen molar-refractivity contribution in [1.82, 2.24) is 30.3 Å². The number of nitrogens with zero attached hydrogens (tertiary/aromatic N) is 6. The van der Waals surface area contributed by atoms with Gasteiger partial charge in [0.1, 0.15) is 0 Å². The monoisotopic (exact) mass is 360 g/mol. The van der Waals surface area contributed by atoms with E-state index in [2.05, 4.69) is 30.1 Å². The normalized spacial score (nSPS) is 16.2. The minimum absolute atomic E-state index is 0.0669. The zero-order valence-corrected chi connectivity index (χ0v) is 13.8. The molecule has 4 rings (SSSR count). The molecule has 2 aromatic heterocycles. The summed E-state index contributed by atoms with van der Waals surface area (Å²) in [6.07, 6.45) is -0.889.